The number of ether oxygens (including phenoxy) is 4. The Morgan fingerprint density at radius 2 is 1.41 bits per heavy atom. The summed E-state index contributed by atoms with van der Waals surface area (Å²) in [5, 5.41) is 2.87. The van der Waals surface area contributed by atoms with E-state index in [-0.39, 0.29) is 29.3 Å². The lowest BCUT2D eigenvalue weighted by Crippen LogP contribution is -2.37. The topological polar surface area (TPSA) is 130 Å². The van der Waals surface area contributed by atoms with Crippen molar-refractivity contribution < 1.29 is 42.5 Å². The summed E-state index contributed by atoms with van der Waals surface area (Å²) in [7, 11) is 3.52. The summed E-state index contributed by atoms with van der Waals surface area (Å²) in [6, 6.07) is 2.81. The molecule has 2 heterocycles. The fraction of sp³-hybridized carbons (Fsp3) is 0.368. The van der Waals surface area contributed by atoms with Gasteiger partial charge in [0, 0.05) is 11.4 Å². The summed E-state index contributed by atoms with van der Waals surface area (Å²) in [5.74, 6) is -4.40. The summed E-state index contributed by atoms with van der Waals surface area (Å²) >= 11 is 0. The van der Waals surface area contributed by atoms with Crippen LogP contribution in [0.3, 0.4) is 0 Å². The predicted octanol–water partition coefficient (Wildman–Crippen LogP) is 1.22. The van der Waals surface area contributed by atoms with Gasteiger partial charge in [0.15, 0.2) is 0 Å². The van der Waals surface area contributed by atoms with E-state index in [9.17, 15) is 19.2 Å². The molecular formula is C19H21NO9. The highest BCUT2D eigenvalue weighted by Gasteiger charge is 2.42. The molecule has 0 saturated carbocycles. The van der Waals surface area contributed by atoms with Crippen LogP contribution in [0.5, 0.6) is 0 Å². The van der Waals surface area contributed by atoms with Crippen LogP contribution in [0, 0.1) is 5.92 Å². The molecular weight excluding hydrogens is 386 g/mol. The third kappa shape index (κ3) is 4.48. The van der Waals surface area contributed by atoms with Gasteiger partial charge in [0.25, 0.3) is 0 Å². The Morgan fingerprint density at radius 1 is 0.897 bits per heavy atom. The summed E-state index contributed by atoms with van der Waals surface area (Å²) in [4.78, 5) is 48.8. The molecule has 1 N–H and O–H groups in total. The lowest BCUT2D eigenvalue weighted by molar-refractivity contribution is -0.152. The minimum atomic E-state index is -1.36. The number of furan rings is 1. The summed E-state index contributed by atoms with van der Waals surface area (Å²) in [5.41, 5.74) is 0.543. The van der Waals surface area contributed by atoms with E-state index in [1.54, 1.807) is 13.8 Å². The number of hydrogen-bond acceptors (Lipinski definition) is 10. The first-order valence-corrected chi connectivity index (χ1v) is 8.43. The molecule has 0 fully saturated rings. The fourth-order valence-electron chi connectivity index (χ4n) is 2.88. The fourth-order valence-corrected chi connectivity index (χ4v) is 2.88. The molecule has 156 valence electrons. The van der Waals surface area contributed by atoms with Crippen LogP contribution in [0.25, 0.3) is 0 Å². The smallest absolute Gasteiger partial charge is 0.373 e. The minimum Gasteiger partial charge on any atom is -0.466 e. The van der Waals surface area contributed by atoms with Crippen molar-refractivity contribution in [3.8, 4) is 0 Å². The van der Waals surface area contributed by atoms with Crippen LogP contribution >= 0.6 is 0 Å². The second-order valence-electron chi connectivity index (χ2n) is 5.98. The van der Waals surface area contributed by atoms with Crippen molar-refractivity contribution in [1.82, 2.24) is 5.32 Å². The average Bonchev–Trinajstić information content (AvgIpc) is 3.18. The molecule has 0 atom stereocenters. The molecule has 2 rings (SSSR count). The Morgan fingerprint density at radius 3 is 1.90 bits per heavy atom. The number of esters is 4. The van der Waals surface area contributed by atoms with Crippen molar-refractivity contribution in [2.45, 2.75) is 20.5 Å². The van der Waals surface area contributed by atoms with Crippen molar-refractivity contribution >= 4 is 23.9 Å². The summed E-state index contributed by atoms with van der Waals surface area (Å²) in [6.07, 6.45) is 0. The van der Waals surface area contributed by atoms with E-state index in [1.807, 2.05) is 0 Å². The molecule has 0 radical (unpaired) electrons. The maximum absolute atomic E-state index is 12.9. The van der Waals surface area contributed by atoms with Crippen LogP contribution in [-0.4, -0.2) is 45.2 Å². The van der Waals surface area contributed by atoms with Gasteiger partial charge >= 0.3 is 23.9 Å². The molecule has 1 aromatic heterocycles. The quantitative estimate of drug-likeness (QED) is 0.542. The van der Waals surface area contributed by atoms with Gasteiger partial charge in [0.05, 0.1) is 32.5 Å². The van der Waals surface area contributed by atoms with Gasteiger partial charge in [-0.05, 0) is 26.0 Å². The van der Waals surface area contributed by atoms with Crippen LogP contribution in [0.1, 0.15) is 30.2 Å². The van der Waals surface area contributed by atoms with E-state index in [4.69, 9.17) is 18.6 Å². The molecule has 1 aromatic rings. The molecule has 0 bridgehead atoms. The molecule has 1 aliphatic rings. The van der Waals surface area contributed by atoms with Gasteiger partial charge in [0.2, 0.25) is 5.76 Å². The first-order chi connectivity index (χ1) is 13.7. The van der Waals surface area contributed by atoms with Crippen molar-refractivity contribution in [3.63, 3.8) is 0 Å². The van der Waals surface area contributed by atoms with Crippen LogP contribution in [0.4, 0.5) is 0 Å². The van der Waals surface area contributed by atoms with Gasteiger partial charge < -0.3 is 28.7 Å². The number of nitrogens with one attached hydrogen (secondary N) is 1. The summed E-state index contributed by atoms with van der Waals surface area (Å²) < 4.78 is 24.5. The van der Waals surface area contributed by atoms with Crippen LogP contribution < -0.4 is 5.32 Å². The SMILES string of the molecule is COC(=O)C1=C(C)NC(C)=C(C(=O)OC)C1C(=O)OCc1ccc(C(=O)OC)o1. The first-order valence-electron chi connectivity index (χ1n) is 8.43. The van der Waals surface area contributed by atoms with E-state index < -0.39 is 29.8 Å². The Labute approximate surface area is 166 Å². The number of allylic oxidation sites excluding steroid dienone is 2. The number of hydrogen-bond donors (Lipinski definition) is 1. The lowest BCUT2D eigenvalue weighted by atomic mass is 9.85. The molecule has 0 amide bonds. The van der Waals surface area contributed by atoms with Gasteiger partial charge in [-0.2, -0.15) is 0 Å². The highest BCUT2D eigenvalue weighted by molar-refractivity contribution is 6.05. The highest BCUT2D eigenvalue weighted by Crippen LogP contribution is 2.32. The van der Waals surface area contributed by atoms with Crippen molar-refractivity contribution in [2.24, 2.45) is 5.92 Å². The Hall–Kier alpha value is -3.56. The van der Waals surface area contributed by atoms with Gasteiger partial charge in [-0.3, -0.25) is 4.79 Å². The van der Waals surface area contributed by atoms with Crippen LogP contribution in [0.15, 0.2) is 39.1 Å². The maximum atomic E-state index is 12.9. The number of carbonyl (C=O) groups excluding carboxylic acids is 4. The zero-order chi connectivity index (χ0) is 21.7. The zero-order valence-corrected chi connectivity index (χ0v) is 16.6. The maximum Gasteiger partial charge on any atom is 0.373 e. The van der Waals surface area contributed by atoms with E-state index in [1.165, 1.54) is 19.2 Å². The highest BCUT2D eigenvalue weighted by atomic mass is 16.6. The van der Waals surface area contributed by atoms with Gasteiger partial charge in [-0.1, -0.05) is 0 Å². The van der Waals surface area contributed by atoms with E-state index >= 15 is 0 Å². The molecule has 10 nitrogen and oxygen atoms in total. The molecule has 10 heteroatoms. The third-order valence-corrected chi connectivity index (χ3v) is 4.21. The standard InChI is InChI=1S/C19H21NO9/c1-9-13(17(22)26-4)15(14(10(2)20-9)18(23)27-5)19(24)28-8-11-6-7-12(29-11)16(21)25-3/h6-7,15,20H,8H2,1-5H3. The Kier molecular flexibility index (Phi) is 6.81. The molecule has 0 unspecified atom stereocenters. The van der Waals surface area contributed by atoms with E-state index in [2.05, 4.69) is 10.1 Å². The zero-order valence-electron chi connectivity index (χ0n) is 16.6. The van der Waals surface area contributed by atoms with E-state index in [0.29, 0.717) is 11.4 Å². The average molecular weight is 407 g/mol. The third-order valence-electron chi connectivity index (χ3n) is 4.21. The predicted molar refractivity (Wildman–Crippen MR) is 95.9 cm³/mol. The number of methoxy groups -OCH3 is 3. The number of rotatable bonds is 6. The molecule has 29 heavy (non-hydrogen) atoms. The molecule has 0 aliphatic carbocycles. The van der Waals surface area contributed by atoms with Crippen molar-refractivity contribution in [2.75, 3.05) is 21.3 Å². The largest absolute Gasteiger partial charge is 0.466 e. The van der Waals surface area contributed by atoms with Gasteiger partial charge in [-0.25, -0.2) is 14.4 Å². The van der Waals surface area contributed by atoms with Crippen molar-refractivity contribution in [3.05, 3.63) is 46.2 Å². The minimum absolute atomic E-state index is 0.0580. The molecule has 1 aliphatic heterocycles. The van der Waals surface area contributed by atoms with Crippen LogP contribution in [-0.2, 0) is 39.9 Å². The monoisotopic (exact) mass is 407 g/mol. The lowest BCUT2D eigenvalue weighted by Gasteiger charge is -2.28. The van der Waals surface area contributed by atoms with Crippen molar-refractivity contribution in [1.29, 1.82) is 0 Å². The number of dihydropyridines is 1. The Balaban J connectivity index is 2.31. The Bertz CT molecular complexity index is 869. The first kappa shape index (κ1) is 21.7. The molecule has 0 saturated heterocycles. The van der Waals surface area contributed by atoms with E-state index in [0.717, 1.165) is 14.2 Å². The summed E-state index contributed by atoms with van der Waals surface area (Å²) in [6.45, 7) is 2.80. The van der Waals surface area contributed by atoms with Gasteiger partial charge in [0.1, 0.15) is 18.3 Å². The second-order valence-corrected chi connectivity index (χ2v) is 5.98. The normalized spacial score (nSPS) is 14.2. The van der Waals surface area contributed by atoms with Crippen LogP contribution in [0.2, 0.25) is 0 Å². The molecule has 0 spiro atoms. The van der Waals surface area contributed by atoms with Gasteiger partial charge in [-0.15, -0.1) is 0 Å². The molecule has 0 aromatic carbocycles. The second kappa shape index (κ2) is 9.09. The number of carbonyl (C=O) groups is 4.